The summed E-state index contributed by atoms with van der Waals surface area (Å²) < 4.78 is 6.13. The van der Waals surface area contributed by atoms with E-state index in [1.807, 2.05) is 66.7 Å². The molecule has 0 saturated heterocycles. The number of para-hydroxylation sites is 1. The molecule has 51 heavy (non-hydrogen) atoms. The van der Waals surface area contributed by atoms with Gasteiger partial charge in [-0.3, -0.25) is 0 Å². The van der Waals surface area contributed by atoms with Crippen LogP contribution < -0.4 is 43.7 Å². The van der Waals surface area contributed by atoms with Crippen LogP contribution in [0, 0.1) is 0 Å². The van der Waals surface area contributed by atoms with Gasteiger partial charge in [-0.05, 0) is 83.9 Å². The first-order chi connectivity index (χ1) is 24.7. The number of fused-ring (bicyclic) bond motifs is 6. The topological polar surface area (TPSA) is 13.1 Å². The fraction of sp³-hybridized carbons (Fsp3) is 0. The van der Waals surface area contributed by atoms with Crippen LogP contribution in [0.4, 0.5) is 0 Å². The lowest BCUT2D eigenvalue weighted by Crippen LogP contribution is -2.50. The lowest BCUT2D eigenvalue weighted by molar-refractivity contribution is 0.669. The largest absolute Gasteiger partial charge is 0.456 e. The van der Waals surface area contributed by atoms with E-state index >= 15 is 0 Å². The molecule has 9 heteroatoms. The standard InChI is InChI=1S/C42H18B8O/c43-35-31-29(19-8-2-1-3-9-19)32-34(38(46)42(50)40(48)36(32)44)30(33(31)37(45)41(49)39(35)47)25-16-15-21(22-10-4-5-11-23(22)25)20-14-17-28-26(18-20)24-12-6-7-13-27(24)51-28/h1-18H. The van der Waals surface area contributed by atoms with Crippen molar-refractivity contribution in [3.8, 4) is 33.4 Å². The molecule has 0 aliphatic carbocycles. The van der Waals surface area contributed by atoms with E-state index in [0.29, 0.717) is 32.7 Å². The first-order valence-electron chi connectivity index (χ1n) is 16.4. The predicted octanol–water partition coefficient (Wildman–Crippen LogP) is 2.40. The molecule has 0 spiro atoms. The Hall–Kier alpha value is -5.14. The second-order valence-electron chi connectivity index (χ2n) is 12.9. The Morgan fingerprint density at radius 2 is 0.765 bits per heavy atom. The molecule has 1 nitrogen and oxygen atoms in total. The number of hydrogen-bond donors (Lipinski definition) is 0. The van der Waals surface area contributed by atoms with E-state index in [9.17, 15) is 0 Å². The molecule has 9 rings (SSSR count). The molecule has 0 amide bonds. The van der Waals surface area contributed by atoms with Crippen LogP contribution in [0.2, 0.25) is 0 Å². The predicted molar refractivity (Wildman–Crippen MR) is 226 cm³/mol. The van der Waals surface area contributed by atoms with Crippen molar-refractivity contribution in [2.75, 3.05) is 0 Å². The van der Waals surface area contributed by atoms with Gasteiger partial charge in [-0.25, -0.2) is 0 Å². The van der Waals surface area contributed by atoms with Crippen molar-refractivity contribution in [2.45, 2.75) is 0 Å². The molecule has 216 valence electrons. The van der Waals surface area contributed by atoms with E-state index in [-0.39, 0.29) is 43.7 Å². The Bertz CT molecular complexity index is 2870. The fourth-order valence-corrected chi connectivity index (χ4v) is 7.77. The van der Waals surface area contributed by atoms with Gasteiger partial charge in [-0.1, -0.05) is 113 Å². The number of benzene rings is 8. The maximum Gasteiger partial charge on any atom is 0.135 e. The summed E-state index contributed by atoms with van der Waals surface area (Å²) in [4.78, 5) is 0. The number of rotatable bonds is 3. The van der Waals surface area contributed by atoms with Gasteiger partial charge < -0.3 is 4.42 Å². The average Bonchev–Trinajstić information content (AvgIpc) is 3.54. The van der Waals surface area contributed by atoms with Crippen LogP contribution in [0.5, 0.6) is 0 Å². The molecule has 0 saturated carbocycles. The van der Waals surface area contributed by atoms with Crippen LogP contribution in [-0.4, -0.2) is 62.8 Å². The van der Waals surface area contributed by atoms with Crippen LogP contribution in [-0.2, 0) is 0 Å². The average molecular weight is 625 g/mol. The van der Waals surface area contributed by atoms with Crippen molar-refractivity contribution in [1.29, 1.82) is 0 Å². The molecule has 0 unspecified atom stereocenters. The SMILES string of the molecule is [B]c1c([B])c([B])c2c(-c3ccc(-c4ccc5oc6ccccc6c5c4)c4ccccc34)c3c([B])c([B])c([B])c([B])c3c(-c3ccccc3)c2c1[B]. The van der Waals surface area contributed by atoms with Crippen molar-refractivity contribution >= 4 is 161 Å². The monoisotopic (exact) mass is 626 g/mol. The highest BCUT2D eigenvalue weighted by molar-refractivity contribution is 6.71. The summed E-state index contributed by atoms with van der Waals surface area (Å²) >= 11 is 0. The van der Waals surface area contributed by atoms with Crippen LogP contribution in [0.15, 0.2) is 114 Å². The summed E-state index contributed by atoms with van der Waals surface area (Å²) in [6.07, 6.45) is 0. The van der Waals surface area contributed by atoms with Gasteiger partial charge in [0, 0.05) is 10.8 Å². The molecular formula is C42H18B8O. The van der Waals surface area contributed by atoms with Gasteiger partial charge in [0.2, 0.25) is 0 Å². The maximum atomic E-state index is 6.98. The van der Waals surface area contributed by atoms with E-state index in [2.05, 4.69) is 42.5 Å². The molecule has 1 heterocycles. The summed E-state index contributed by atoms with van der Waals surface area (Å²) in [5.41, 5.74) is 8.52. The van der Waals surface area contributed by atoms with Crippen LogP contribution >= 0.6 is 0 Å². The zero-order valence-electron chi connectivity index (χ0n) is 27.4. The smallest absolute Gasteiger partial charge is 0.135 e. The lowest BCUT2D eigenvalue weighted by Gasteiger charge is -2.29. The first kappa shape index (κ1) is 31.8. The van der Waals surface area contributed by atoms with Gasteiger partial charge in [-0.2, -0.15) is 0 Å². The fourth-order valence-electron chi connectivity index (χ4n) is 7.77. The molecule has 0 bridgehead atoms. The van der Waals surface area contributed by atoms with Gasteiger partial charge in [0.15, 0.2) is 0 Å². The highest BCUT2D eigenvalue weighted by atomic mass is 16.3. The molecule has 0 N–H and O–H groups in total. The summed E-state index contributed by atoms with van der Waals surface area (Å²) in [5.74, 6) is 0. The number of hydrogen-bond acceptors (Lipinski definition) is 1. The van der Waals surface area contributed by atoms with E-state index in [4.69, 9.17) is 67.2 Å². The molecular weight excluding hydrogens is 607 g/mol. The normalized spacial score (nSPS) is 11.8. The molecule has 0 aliphatic rings. The van der Waals surface area contributed by atoms with Crippen molar-refractivity contribution in [3.63, 3.8) is 0 Å². The van der Waals surface area contributed by atoms with Crippen LogP contribution in [0.1, 0.15) is 0 Å². The van der Waals surface area contributed by atoms with E-state index in [1.54, 1.807) is 0 Å². The Balaban J connectivity index is 1.46. The highest BCUT2D eigenvalue weighted by Gasteiger charge is 2.25. The van der Waals surface area contributed by atoms with Crippen LogP contribution in [0.25, 0.3) is 87.6 Å². The van der Waals surface area contributed by atoms with Gasteiger partial charge in [0.25, 0.3) is 0 Å². The minimum Gasteiger partial charge on any atom is -0.456 e. The van der Waals surface area contributed by atoms with Gasteiger partial charge >= 0.3 is 0 Å². The first-order valence-corrected chi connectivity index (χ1v) is 16.4. The minimum absolute atomic E-state index is 0.177. The van der Waals surface area contributed by atoms with Gasteiger partial charge in [-0.15, -0.1) is 21.9 Å². The van der Waals surface area contributed by atoms with Crippen LogP contribution in [0.3, 0.4) is 0 Å². The van der Waals surface area contributed by atoms with E-state index < -0.39 is 0 Å². The molecule has 0 fully saturated rings. The zero-order chi connectivity index (χ0) is 35.3. The Labute approximate surface area is 306 Å². The molecule has 9 aromatic rings. The van der Waals surface area contributed by atoms with E-state index in [0.717, 1.165) is 55.0 Å². The third-order valence-electron chi connectivity index (χ3n) is 10.3. The molecule has 0 aliphatic heterocycles. The van der Waals surface area contributed by atoms with Crippen molar-refractivity contribution in [3.05, 3.63) is 109 Å². The minimum atomic E-state index is 0.177. The maximum absolute atomic E-state index is 6.98. The zero-order valence-corrected chi connectivity index (χ0v) is 27.4. The molecule has 8 aromatic carbocycles. The summed E-state index contributed by atoms with van der Waals surface area (Å²) in [7, 11) is 54.1. The lowest BCUT2D eigenvalue weighted by atomic mass is 9.59. The molecule has 16 radical (unpaired) electrons. The Morgan fingerprint density at radius 1 is 0.314 bits per heavy atom. The summed E-state index contributed by atoms with van der Waals surface area (Å²) in [6, 6.07) is 36.4. The second-order valence-corrected chi connectivity index (χ2v) is 12.9. The third kappa shape index (κ3) is 4.53. The second kappa shape index (κ2) is 11.7. The quantitative estimate of drug-likeness (QED) is 0.218. The van der Waals surface area contributed by atoms with E-state index in [1.165, 1.54) is 0 Å². The van der Waals surface area contributed by atoms with Gasteiger partial charge in [0.05, 0.1) is 0 Å². The number of furan rings is 1. The van der Waals surface area contributed by atoms with Gasteiger partial charge in [0.1, 0.15) is 73.9 Å². The highest BCUT2D eigenvalue weighted by Crippen LogP contribution is 2.44. The Morgan fingerprint density at radius 3 is 1.35 bits per heavy atom. The summed E-state index contributed by atoms with van der Waals surface area (Å²) in [6.45, 7) is 0. The third-order valence-corrected chi connectivity index (χ3v) is 10.3. The van der Waals surface area contributed by atoms with Crippen molar-refractivity contribution < 1.29 is 4.42 Å². The Kier molecular flexibility index (Phi) is 7.30. The summed E-state index contributed by atoms with van der Waals surface area (Å²) in [5, 5.41) is 6.39. The van der Waals surface area contributed by atoms with Crippen molar-refractivity contribution in [1.82, 2.24) is 0 Å². The molecule has 1 aromatic heterocycles. The van der Waals surface area contributed by atoms with Crippen molar-refractivity contribution in [2.24, 2.45) is 0 Å². The molecule has 0 atom stereocenters.